The largest absolute Gasteiger partial charge is 0.493 e. The van der Waals surface area contributed by atoms with Crippen molar-refractivity contribution in [2.24, 2.45) is 0 Å². The van der Waals surface area contributed by atoms with Gasteiger partial charge in [-0.3, -0.25) is 9.59 Å². The van der Waals surface area contributed by atoms with E-state index in [-0.39, 0.29) is 24.6 Å². The summed E-state index contributed by atoms with van der Waals surface area (Å²) >= 11 is 0. The Bertz CT molecular complexity index is 881. The zero-order chi connectivity index (χ0) is 20.3. The van der Waals surface area contributed by atoms with E-state index in [4.69, 9.17) is 9.47 Å². The molecular weight excluding hydrogens is 365 g/mol. The van der Waals surface area contributed by atoms with E-state index in [0.717, 1.165) is 11.1 Å². The lowest BCUT2D eigenvalue weighted by molar-refractivity contribution is -0.141. The van der Waals surface area contributed by atoms with Crippen molar-refractivity contribution >= 4 is 11.9 Å². The normalized spacial score (nSPS) is 15.7. The van der Waals surface area contributed by atoms with E-state index in [9.17, 15) is 19.1 Å². The molecule has 1 unspecified atom stereocenters. The fourth-order valence-corrected chi connectivity index (χ4v) is 3.59. The number of rotatable bonds is 6. The molecule has 7 heteroatoms. The molecule has 2 aromatic rings. The maximum absolute atomic E-state index is 13.1. The van der Waals surface area contributed by atoms with E-state index in [1.807, 2.05) is 6.07 Å². The highest BCUT2D eigenvalue weighted by Gasteiger charge is 2.33. The topological polar surface area (TPSA) is 76.1 Å². The van der Waals surface area contributed by atoms with Gasteiger partial charge < -0.3 is 19.5 Å². The van der Waals surface area contributed by atoms with Crippen molar-refractivity contribution in [3.05, 3.63) is 58.9 Å². The van der Waals surface area contributed by atoms with E-state index in [1.54, 1.807) is 30.2 Å². The van der Waals surface area contributed by atoms with Gasteiger partial charge in [0.05, 0.1) is 33.1 Å². The van der Waals surface area contributed by atoms with Gasteiger partial charge in [-0.15, -0.1) is 0 Å². The van der Waals surface area contributed by atoms with Crippen molar-refractivity contribution in [3.63, 3.8) is 0 Å². The van der Waals surface area contributed by atoms with Crippen LogP contribution in [0.5, 0.6) is 11.5 Å². The second-order valence-electron chi connectivity index (χ2n) is 6.66. The number of aliphatic carboxylic acids is 1. The first-order chi connectivity index (χ1) is 13.4. The number of ether oxygens (including phenoxy) is 2. The van der Waals surface area contributed by atoms with Gasteiger partial charge in [0.2, 0.25) is 5.91 Å². The smallest absolute Gasteiger partial charge is 0.305 e. The second kappa shape index (κ2) is 8.29. The highest BCUT2D eigenvalue weighted by Crippen LogP contribution is 2.39. The summed E-state index contributed by atoms with van der Waals surface area (Å²) in [5, 5.41) is 9.40. The number of carboxylic acid groups (broad SMARTS) is 1. The minimum Gasteiger partial charge on any atom is -0.493 e. The van der Waals surface area contributed by atoms with Gasteiger partial charge in [0.1, 0.15) is 5.82 Å². The summed E-state index contributed by atoms with van der Waals surface area (Å²) in [6.07, 6.45) is 0.456. The fraction of sp³-hybridized carbons (Fsp3) is 0.333. The number of carbonyl (C=O) groups excluding carboxylic acids is 1. The predicted octanol–water partition coefficient (Wildman–Crippen LogP) is 2.99. The van der Waals surface area contributed by atoms with E-state index >= 15 is 0 Å². The number of carbonyl (C=O) groups is 2. The third-order valence-corrected chi connectivity index (χ3v) is 4.96. The number of halogens is 1. The van der Waals surface area contributed by atoms with Crippen molar-refractivity contribution in [2.45, 2.75) is 25.3 Å². The number of methoxy groups -OCH3 is 2. The van der Waals surface area contributed by atoms with E-state index in [2.05, 4.69) is 0 Å². The Balaban J connectivity index is 1.92. The van der Waals surface area contributed by atoms with Crippen LogP contribution in [0.4, 0.5) is 4.39 Å². The lowest BCUT2D eigenvalue weighted by Crippen LogP contribution is -2.41. The zero-order valence-electron chi connectivity index (χ0n) is 15.8. The number of carboxylic acids is 1. The van der Waals surface area contributed by atoms with Gasteiger partial charge >= 0.3 is 5.97 Å². The van der Waals surface area contributed by atoms with Gasteiger partial charge in [-0.2, -0.15) is 0 Å². The third kappa shape index (κ3) is 4.08. The van der Waals surface area contributed by atoms with Crippen LogP contribution in [0.2, 0.25) is 0 Å². The first-order valence-electron chi connectivity index (χ1n) is 8.93. The second-order valence-corrected chi connectivity index (χ2v) is 6.66. The number of fused-ring (bicyclic) bond motifs is 1. The van der Waals surface area contributed by atoms with Crippen LogP contribution in [0, 0.1) is 5.82 Å². The van der Waals surface area contributed by atoms with Gasteiger partial charge in [-0.25, -0.2) is 4.39 Å². The van der Waals surface area contributed by atoms with Crippen LogP contribution >= 0.6 is 0 Å². The number of nitrogens with zero attached hydrogens (tertiary/aromatic N) is 1. The molecule has 0 bridgehead atoms. The number of amides is 1. The lowest BCUT2D eigenvalue weighted by atomic mass is 9.89. The molecule has 0 saturated carbocycles. The van der Waals surface area contributed by atoms with Gasteiger partial charge in [0.15, 0.2) is 11.5 Å². The Morgan fingerprint density at radius 1 is 1.14 bits per heavy atom. The van der Waals surface area contributed by atoms with Crippen molar-refractivity contribution in [3.8, 4) is 11.5 Å². The summed E-state index contributed by atoms with van der Waals surface area (Å²) in [7, 11) is 3.05. The minimum atomic E-state index is -0.993. The Hall–Kier alpha value is -3.09. The van der Waals surface area contributed by atoms with Crippen LogP contribution in [-0.2, 0) is 22.4 Å². The molecule has 3 rings (SSSR count). The quantitative estimate of drug-likeness (QED) is 0.825. The van der Waals surface area contributed by atoms with Crippen molar-refractivity contribution in [2.75, 3.05) is 20.8 Å². The maximum atomic E-state index is 13.1. The minimum absolute atomic E-state index is 0.0824. The zero-order valence-corrected chi connectivity index (χ0v) is 15.8. The molecular formula is C21H22FNO5. The molecule has 1 atom stereocenters. The molecule has 1 heterocycles. The van der Waals surface area contributed by atoms with Crippen molar-refractivity contribution < 1.29 is 28.6 Å². The van der Waals surface area contributed by atoms with Gasteiger partial charge in [0.25, 0.3) is 0 Å². The van der Waals surface area contributed by atoms with Crippen LogP contribution in [0.15, 0.2) is 36.4 Å². The monoisotopic (exact) mass is 387 g/mol. The predicted molar refractivity (Wildman–Crippen MR) is 100 cm³/mol. The highest BCUT2D eigenvalue weighted by molar-refractivity contribution is 5.81. The van der Waals surface area contributed by atoms with E-state index in [0.29, 0.717) is 30.0 Å². The van der Waals surface area contributed by atoms with E-state index in [1.165, 1.54) is 19.2 Å². The average molecular weight is 387 g/mol. The molecule has 2 aromatic carbocycles. The maximum Gasteiger partial charge on any atom is 0.305 e. The number of hydrogen-bond donors (Lipinski definition) is 1. The van der Waals surface area contributed by atoms with Gasteiger partial charge in [-0.05, 0) is 47.4 Å². The fourth-order valence-electron chi connectivity index (χ4n) is 3.59. The molecule has 6 nitrogen and oxygen atoms in total. The Kier molecular flexibility index (Phi) is 5.82. The molecule has 28 heavy (non-hydrogen) atoms. The molecule has 0 radical (unpaired) electrons. The lowest BCUT2D eigenvalue weighted by Gasteiger charge is -2.37. The molecule has 1 N–H and O–H groups in total. The molecule has 0 spiro atoms. The van der Waals surface area contributed by atoms with Crippen LogP contribution in [0.1, 0.15) is 29.2 Å². The number of benzene rings is 2. The molecule has 0 aliphatic carbocycles. The summed E-state index contributed by atoms with van der Waals surface area (Å²) in [6, 6.07) is 8.72. The highest BCUT2D eigenvalue weighted by atomic mass is 19.1. The van der Waals surface area contributed by atoms with E-state index < -0.39 is 12.0 Å². The Morgan fingerprint density at radius 3 is 2.39 bits per heavy atom. The van der Waals surface area contributed by atoms with Crippen molar-refractivity contribution in [1.29, 1.82) is 0 Å². The average Bonchev–Trinajstić information content (AvgIpc) is 2.68. The van der Waals surface area contributed by atoms with Gasteiger partial charge in [-0.1, -0.05) is 12.1 Å². The SMILES string of the molecule is COc1cc2c(cc1OC)C(CC(=O)O)N(C(=O)Cc1ccc(F)cc1)CC2. The van der Waals surface area contributed by atoms with Gasteiger partial charge in [0, 0.05) is 6.54 Å². The molecule has 0 saturated heterocycles. The Labute approximate surface area is 162 Å². The standard InChI is InChI=1S/C21H22FNO5/c1-27-18-10-14-7-8-23(20(24)9-13-3-5-15(22)6-4-13)17(12-21(25)26)16(14)11-19(18)28-2/h3-6,10-11,17H,7-9,12H2,1-2H3,(H,25,26). The molecule has 0 fully saturated rings. The molecule has 1 aliphatic rings. The van der Waals surface area contributed by atoms with Crippen LogP contribution < -0.4 is 9.47 Å². The molecule has 1 aliphatic heterocycles. The third-order valence-electron chi connectivity index (χ3n) is 4.96. The summed E-state index contributed by atoms with van der Waals surface area (Å²) in [5.41, 5.74) is 2.37. The first-order valence-corrected chi connectivity index (χ1v) is 8.93. The molecule has 1 amide bonds. The summed E-state index contributed by atoms with van der Waals surface area (Å²) in [5.74, 6) is -0.496. The Morgan fingerprint density at radius 2 is 1.79 bits per heavy atom. The molecule has 148 valence electrons. The molecule has 0 aromatic heterocycles. The van der Waals surface area contributed by atoms with Crippen molar-refractivity contribution in [1.82, 2.24) is 4.90 Å². The van der Waals surface area contributed by atoms with Crippen LogP contribution in [-0.4, -0.2) is 42.6 Å². The van der Waals surface area contributed by atoms with Crippen LogP contribution in [0.3, 0.4) is 0 Å². The summed E-state index contributed by atoms with van der Waals surface area (Å²) < 4.78 is 23.8. The van der Waals surface area contributed by atoms with Crippen LogP contribution in [0.25, 0.3) is 0 Å². The summed E-state index contributed by atoms with van der Waals surface area (Å²) in [4.78, 5) is 26.0. The first kappa shape index (κ1) is 19.7. The summed E-state index contributed by atoms with van der Waals surface area (Å²) in [6.45, 7) is 0.403. The number of hydrogen-bond acceptors (Lipinski definition) is 4.